The zero-order valence-electron chi connectivity index (χ0n) is 9.34. The van der Waals surface area contributed by atoms with Gasteiger partial charge in [0.25, 0.3) is 0 Å². The van der Waals surface area contributed by atoms with Gasteiger partial charge in [0, 0.05) is 40.3 Å². The molecule has 0 aromatic heterocycles. The Morgan fingerprint density at radius 1 is 1.67 bits per heavy atom. The van der Waals surface area contributed by atoms with Crippen molar-refractivity contribution in [1.82, 2.24) is 20.9 Å². The molecule has 1 fully saturated rings. The monoisotopic (exact) mass is 213 g/mol. The lowest BCUT2D eigenvalue weighted by Gasteiger charge is -2.26. The Balaban J connectivity index is 2.16. The number of carbonyl (C=O) groups is 1. The highest BCUT2D eigenvalue weighted by Gasteiger charge is 2.14. The fraction of sp³-hybridized carbons (Fsp3) is 0.778. The molecular formula is C9H19N5O. The van der Waals surface area contributed by atoms with Crippen LogP contribution in [0.5, 0.6) is 0 Å². The highest BCUT2D eigenvalue weighted by atomic mass is 16.2. The lowest BCUT2D eigenvalue weighted by atomic mass is 10.3. The number of carbonyl (C=O) groups excluding carboxylic acids is 1. The molecular weight excluding hydrogens is 194 g/mol. The van der Waals surface area contributed by atoms with Gasteiger partial charge in [-0.2, -0.15) is 0 Å². The van der Waals surface area contributed by atoms with E-state index >= 15 is 0 Å². The molecule has 0 unspecified atom stereocenters. The zero-order valence-corrected chi connectivity index (χ0v) is 9.34. The van der Waals surface area contributed by atoms with Crippen molar-refractivity contribution in [3.8, 4) is 0 Å². The Labute approximate surface area is 90.1 Å². The van der Waals surface area contributed by atoms with Crippen LogP contribution in [-0.4, -0.2) is 63.6 Å². The van der Waals surface area contributed by atoms with Crippen LogP contribution in [0.3, 0.4) is 0 Å². The van der Waals surface area contributed by atoms with Gasteiger partial charge in [-0.05, 0) is 0 Å². The van der Waals surface area contributed by atoms with Gasteiger partial charge in [0.1, 0.15) is 0 Å². The molecule has 3 N–H and O–H groups in total. The minimum atomic E-state index is 0.110. The number of nitrogens with zero attached hydrogens (tertiary/aromatic N) is 2. The van der Waals surface area contributed by atoms with Crippen molar-refractivity contribution in [3.05, 3.63) is 0 Å². The third-order valence-corrected chi connectivity index (χ3v) is 2.30. The lowest BCUT2D eigenvalue weighted by Crippen LogP contribution is -2.50. The molecule has 0 aliphatic carbocycles. The van der Waals surface area contributed by atoms with E-state index in [1.807, 2.05) is 7.05 Å². The minimum absolute atomic E-state index is 0.110. The van der Waals surface area contributed by atoms with Crippen molar-refractivity contribution >= 4 is 11.9 Å². The van der Waals surface area contributed by atoms with Crippen LogP contribution in [0.1, 0.15) is 0 Å². The molecule has 1 aliphatic heterocycles. The maximum absolute atomic E-state index is 11.1. The molecule has 0 radical (unpaired) electrons. The van der Waals surface area contributed by atoms with Crippen LogP contribution in [-0.2, 0) is 4.79 Å². The van der Waals surface area contributed by atoms with Crippen molar-refractivity contribution in [3.63, 3.8) is 0 Å². The first-order valence-electron chi connectivity index (χ1n) is 5.13. The fourth-order valence-corrected chi connectivity index (χ4v) is 1.49. The van der Waals surface area contributed by atoms with Gasteiger partial charge in [0.15, 0.2) is 5.96 Å². The molecule has 0 aromatic carbocycles. The van der Waals surface area contributed by atoms with Crippen LogP contribution in [0.25, 0.3) is 0 Å². The topological polar surface area (TPSA) is 68.8 Å². The molecule has 15 heavy (non-hydrogen) atoms. The molecule has 6 nitrogen and oxygen atoms in total. The van der Waals surface area contributed by atoms with Gasteiger partial charge in [-0.3, -0.25) is 14.7 Å². The van der Waals surface area contributed by atoms with E-state index in [0.29, 0.717) is 6.54 Å². The van der Waals surface area contributed by atoms with Crippen molar-refractivity contribution < 1.29 is 4.79 Å². The first-order valence-corrected chi connectivity index (χ1v) is 5.13. The van der Waals surface area contributed by atoms with Gasteiger partial charge >= 0.3 is 0 Å². The summed E-state index contributed by atoms with van der Waals surface area (Å²) in [7, 11) is 3.55. The van der Waals surface area contributed by atoms with Gasteiger partial charge in [0.2, 0.25) is 5.91 Å². The first-order chi connectivity index (χ1) is 7.26. The second-order valence-electron chi connectivity index (χ2n) is 3.38. The molecule has 0 saturated carbocycles. The van der Waals surface area contributed by atoms with E-state index in [9.17, 15) is 4.79 Å². The summed E-state index contributed by atoms with van der Waals surface area (Å²) in [5.74, 6) is 0.885. The summed E-state index contributed by atoms with van der Waals surface area (Å²) in [6.45, 7) is 3.82. The van der Waals surface area contributed by atoms with E-state index in [1.165, 1.54) is 0 Å². The first kappa shape index (κ1) is 11.8. The number of rotatable bonds is 3. The van der Waals surface area contributed by atoms with Crippen LogP contribution in [0.4, 0.5) is 0 Å². The smallest absolute Gasteiger partial charge is 0.234 e. The van der Waals surface area contributed by atoms with Gasteiger partial charge in [-0.15, -0.1) is 0 Å². The normalized spacial score (nSPS) is 18.5. The third kappa shape index (κ3) is 4.16. The predicted octanol–water partition coefficient (Wildman–Crippen LogP) is -1.79. The zero-order chi connectivity index (χ0) is 11.1. The standard InChI is InChI=1S/C9H19N5O/c1-10-9(11-2)13-4-6-14-5-3-12-8(15)7-14/h3-7H2,1-2H3,(H,12,15)(H2,10,11,13). The number of hydrogen-bond acceptors (Lipinski definition) is 3. The van der Waals surface area contributed by atoms with Gasteiger partial charge in [0.05, 0.1) is 6.54 Å². The van der Waals surface area contributed by atoms with E-state index in [4.69, 9.17) is 0 Å². The minimum Gasteiger partial charge on any atom is -0.359 e. The van der Waals surface area contributed by atoms with E-state index < -0.39 is 0 Å². The maximum atomic E-state index is 11.1. The molecule has 0 atom stereocenters. The van der Waals surface area contributed by atoms with Crippen molar-refractivity contribution in [2.45, 2.75) is 0 Å². The number of piperazine rings is 1. The summed E-state index contributed by atoms with van der Waals surface area (Å²) in [6.07, 6.45) is 0. The van der Waals surface area contributed by atoms with Gasteiger partial charge < -0.3 is 16.0 Å². The molecule has 86 valence electrons. The number of aliphatic imine (C=N–C) groups is 1. The predicted molar refractivity (Wildman–Crippen MR) is 59.9 cm³/mol. The third-order valence-electron chi connectivity index (χ3n) is 2.30. The van der Waals surface area contributed by atoms with Gasteiger partial charge in [-0.1, -0.05) is 0 Å². The van der Waals surface area contributed by atoms with E-state index in [2.05, 4.69) is 25.8 Å². The molecule has 1 aliphatic rings. The summed E-state index contributed by atoms with van der Waals surface area (Å²) in [4.78, 5) is 17.2. The second kappa shape index (κ2) is 6.23. The SMILES string of the molecule is CN=C(NC)NCCN1CCNC(=O)C1. The van der Waals surface area contributed by atoms with Gasteiger partial charge in [-0.25, -0.2) is 0 Å². The summed E-state index contributed by atoms with van der Waals surface area (Å²) in [6, 6.07) is 0. The molecule has 1 heterocycles. The van der Waals surface area contributed by atoms with E-state index in [1.54, 1.807) is 7.05 Å². The average molecular weight is 213 g/mol. The van der Waals surface area contributed by atoms with Crippen molar-refractivity contribution in [2.24, 2.45) is 4.99 Å². The fourth-order valence-electron chi connectivity index (χ4n) is 1.49. The number of hydrogen-bond donors (Lipinski definition) is 3. The Bertz CT molecular complexity index is 241. The summed E-state index contributed by atoms with van der Waals surface area (Å²) < 4.78 is 0. The Morgan fingerprint density at radius 2 is 2.47 bits per heavy atom. The summed E-state index contributed by atoms with van der Waals surface area (Å²) >= 11 is 0. The second-order valence-corrected chi connectivity index (χ2v) is 3.38. The van der Waals surface area contributed by atoms with Crippen LogP contribution in [0, 0.1) is 0 Å². The number of nitrogens with one attached hydrogen (secondary N) is 3. The summed E-state index contributed by atoms with van der Waals surface area (Å²) in [5.41, 5.74) is 0. The summed E-state index contributed by atoms with van der Waals surface area (Å²) in [5, 5.41) is 8.88. The number of amides is 1. The highest BCUT2D eigenvalue weighted by Crippen LogP contribution is 1.91. The molecule has 1 saturated heterocycles. The Kier molecular flexibility index (Phi) is 4.89. The van der Waals surface area contributed by atoms with E-state index in [-0.39, 0.29) is 5.91 Å². The largest absolute Gasteiger partial charge is 0.359 e. The van der Waals surface area contributed by atoms with Crippen molar-refractivity contribution in [2.75, 3.05) is 46.8 Å². The lowest BCUT2D eigenvalue weighted by molar-refractivity contribution is -0.124. The maximum Gasteiger partial charge on any atom is 0.234 e. The quantitative estimate of drug-likeness (QED) is 0.383. The number of guanidine groups is 1. The molecule has 1 rings (SSSR count). The highest BCUT2D eigenvalue weighted by molar-refractivity contribution is 5.79. The van der Waals surface area contributed by atoms with Crippen LogP contribution < -0.4 is 16.0 Å². The van der Waals surface area contributed by atoms with Crippen LogP contribution in [0.2, 0.25) is 0 Å². The van der Waals surface area contributed by atoms with Crippen LogP contribution >= 0.6 is 0 Å². The Morgan fingerprint density at radius 3 is 3.07 bits per heavy atom. The molecule has 0 spiro atoms. The molecule has 0 aromatic rings. The van der Waals surface area contributed by atoms with Crippen molar-refractivity contribution in [1.29, 1.82) is 0 Å². The van der Waals surface area contributed by atoms with Crippen LogP contribution in [0.15, 0.2) is 4.99 Å². The molecule has 6 heteroatoms. The van der Waals surface area contributed by atoms with E-state index in [0.717, 1.165) is 32.1 Å². The molecule has 0 bridgehead atoms. The Hall–Kier alpha value is -1.30. The molecule has 1 amide bonds. The average Bonchev–Trinajstić information content (AvgIpc) is 2.25.